The van der Waals surface area contributed by atoms with E-state index in [1.807, 2.05) is 0 Å². The van der Waals surface area contributed by atoms with Crippen LogP contribution in [0, 0.1) is 10.1 Å². The van der Waals surface area contributed by atoms with Crippen LogP contribution in [0.15, 0.2) is 24.3 Å². The number of nitro benzene ring substituents is 1. The molecule has 0 unspecified atom stereocenters. The minimum atomic E-state index is -4.44. The van der Waals surface area contributed by atoms with Gasteiger partial charge < -0.3 is 10.6 Å². The summed E-state index contributed by atoms with van der Waals surface area (Å²) in [6.45, 7) is -1.42. The molecule has 0 saturated heterocycles. The molecule has 6 nitrogen and oxygen atoms in total. The number of nitro groups is 1. The highest BCUT2D eigenvalue weighted by Crippen LogP contribution is 2.12. The molecule has 110 valence electrons. The largest absolute Gasteiger partial charge is 0.405 e. The van der Waals surface area contributed by atoms with E-state index in [1.54, 1.807) is 5.32 Å². The SMILES string of the molecule is O=C(CNCc1ccc([N+](=O)[O-])cc1)NCC(F)(F)F. The van der Waals surface area contributed by atoms with Gasteiger partial charge in [-0.2, -0.15) is 13.2 Å². The van der Waals surface area contributed by atoms with E-state index in [-0.39, 0.29) is 18.8 Å². The maximum absolute atomic E-state index is 11.8. The first-order chi connectivity index (χ1) is 9.28. The number of nitrogens with one attached hydrogen (secondary N) is 2. The second kappa shape index (κ2) is 6.85. The molecule has 0 spiro atoms. The number of halogens is 3. The molecule has 1 aromatic rings. The van der Waals surface area contributed by atoms with Gasteiger partial charge >= 0.3 is 6.18 Å². The number of carbonyl (C=O) groups excluding carboxylic acids is 1. The molecule has 0 aromatic heterocycles. The van der Waals surface area contributed by atoms with Crippen molar-refractivity contribution in [2.45, 2.75) is 12.7 Å². The van der Waals surface area contributed by atoms with Crippen LogP contribution in [0.2, 0.25) is 0 Å². The van der Waals surface area contributed by atoms with Crippen molar-refractivity contribution in [3.63, 3.8) is 0 Å². The predicted octanol–water partition coefficient (Wildman–Crippen LogP) is 1.36. The Morgan fingerprint density at radius 1 is 1.25 bits per heavy atom. The lowest BCUT2D eigenvalue weighted by Crippen LogP contribution is -2.39. The first kappa shape index (κ1) is 15.9. The van der Waals surface area contributed by atoms with E-state index in [0.29, 0.717) is 5.56 Å². The fraction of sp³-hybridized carbons (Fsp3) is 0.364. The number of hydrogen-bond donors (Lipinski definition) is 2. The Morgan fingerprint density at radius 3 is 2.35 bits per heavy atom. The molecular formula is C11H12F3N3O3. The van der Waals surface area contributed by atoms with E-state index in [2.05, 4.69) is 5.32 Å². The van der Waals surface area contributed by atoms with Gasteiger partial charge in [0.1, 0.15) is 6.54 Å². The van der Waals surface area contributed by atoms with Crippen LogP contribution in [0.3, 0.4) is 0 Å². The molecule has 0 fully saturated rings. The molecule has 0 aliphatic rings. The first-order valence-electron chi connectivity index (χ1n) is 5.55. The van der Waals surface area contributed by atoms with Gasteiger partial charge in [-0.3, -0.25) is 14.9 Å². The quantitative estimate of drug-likeness (QED) is 0.612. The van der Waals surface area contributed by atoms with Gasteiger partial charge in [0.05, 0.1) is 11.5 Å². The van der Waals surface area contributed by atoms with Crippen LogP contribution in [-0.2, 0) is 11.3 Å². The fourth-order valence-electron chi connectivity index (χ4n) is 1.32. The van der Waals surface area contributed by atoms with E-state index < -0.39 is 23.6 Å². The number of nitrogens with zero attached hydrogens (tertiary/aromatic N) is 1. The minimum absolute atomic E-state index is 0.0586. The highest BCUT2D eigenvalue weighted by Gasteiger charge is 2.27. The zero-order valence-corrected chi connectivity index (χ0v) is 10.2. The molecular weight excluding hydrogens is 279 g/mol. The van der Waals surface area contributed by atoms with Gasteiger partial charge in [-0.1, -0.05) is 12.1 Å². The molecule has 0 aliphatic heterocycles. The molecule has 0 atom stereocenters. The monoisotopic (exact) mass is 291 g/mol. The number of rotatable bonds is 6. The zero-order chi connectivity index (χ0) is 15.2. The van der Waals surface area contributed by atoms with Gasteiger partial charge in [-0.05, 0) is 5.56 Å². The Morgan fingerprint density at radius 2 is 1.85 bits per heavy atom. The molecule has 0 bridgehead atoms. The summed E-state index contributed by atoms with van der Waals surface area (Å²) in [5.74, 6) is -0.774. The van der Waals surface area contributed by atoms with Gasteiger partial charge in [0, 0.05) is 18.7 Å². The van der Waals surface area contributed by atoms with Gasteiger partial charge in [0.2, 0.25) is 5.91 Å². The Balaban J connectivity index is 2.30. The van der Waals surface area contributed by atoms with Crippen molar-refractivity contribution in [1.82, 2.24) is 10.6 Å². The van der Waals surface area contributed by atoms with Gasteiger partial charge in [0.15, 0.2) is 0 Å². The van der Waals surface area contributed by atoms with Gasteiger partial charge in [-0.25, -0.2) is 0 Å². The summed E-state index contributed by atoms with van der Waals surface area (Å²) in [7, 11) is 0. The van der Waals surface area contributed by atoms with Crippen LogP contribution < -0.4 is 10.6 Å². The lowest BCUT2D eigenvalue weighted by molar-refractivity contribution is -0.384. The van der Waals surface area contributed by atoms with Crippen molar-refractivity contribution in [2.24, 2.45) is 0 Å². The van der Waals surface area contributed by atoms with E-state index in [4.69, 9.17) is 0 Å². The lowest BCUT2D eigenvalue weighted by atomic mass is 10.2. The predicted molar refractivity (Wildman–Crippen MR) is 63.9 cm³/mol. The summed E-state index contributed by atoms with van der Waals surface area (Å²) in [5, 5.41) is 14.8. The zero-order valence-electron chi connectivity index (χ0n) is 10.2. The number of alkyl halides is 3. The third-order valence-corrected chi connectivity index (χ3v) is 2.25. The molecule has 1 amide bonds. The molecule has 20 heavy (non-hydrogen) atoms. The van der Waals surface area contributed by atoms with E-state index in [9.17, 15) is 28.1 Å². The third kappa shape index (κ3) is 6.14. The summed E-state index contributed by atoms with van der Waals surface area (Å²) >= 11 is 0. The average molecular weight is 291 g/mol. The Kier molecular flexibility index (Phi) is 5.44. The standard InChI is InChI=1S/C11H12F3N3O3/c12-11(13,14)7-16-10(18)6-15-5-8-1-3-9(4-2-8)17(19)20/h1-4,15H,5-7H2,(H,16,18). The molecule has 0 aliphatic carbocycles. The van der Waals surface area contributed by atoms with Crippen LogP contribution in [0.25, 0.3) is 0 Å². The summed E-state index contributed by atoms with van der Waals surface area (Å²) in [6.07, 6.45) is -4.44. The average Bonchev–Trinajstić information content (AvgIpc) is 2.36. The van der Waals surface area contributed by atoms with Gasteiger partial charge in [-0.15, -0.1) is 0 Å². The minimum Gasteiger partial charge on any atom is -0.346 e. The van der Waals surface area contributed by atoms with Crippen LogP contribution in [-0.4, -0.2) is 30.1 Å². The Hall–Kier alpha value is -2.16. The maximum atomic E-state index is 11.8. The third-order valence-electron chi connectivity index (χ3n) is 2.25. The summed E-state index contributed by atoms with van der Waals surface area (Å²) in [6, 6.07) is 5.61. The van der Waals surface area contributed by atoms with Crippen LogP contribution in [0.5, 0.6) is 0 Å². The fourth-order valence-corrected chi connectivity index (χ4v) is 1.32. The van der Waals surface area contributed by atoms with Crippen molar-refractivity contribution in [2.75, 3.05) is 13.1 Å². The summed E-state index contributed by atoms with van der Waals surface area (Å²) < 4.78 is 35.4. The second-order valence-corrected chi connectivity index (χ2v) is 3.92. The normalized spacial score (nSPS) is 11.2. The van der Waals surface area contributed by atoms with Crippen LogP contribution in [0.1, 0.15) is 5.56 Å². The summed E-state index contributed by atoms with van der Waals surface area (Å²) in [5.41, 5.74) is 0.621. The second-order valence-electron chi connectivity index (χ2n) is 3.92. The smallest absolute Gasteiger partial charge is 0.346 e. The highest BCUT2D eigenvalue weighted by atomic mass is 19.4. The number of benzene rings is 1. The number of non-ortho nitro benzene ring substituents is 1. The van der Waals surface area contributed by atoms with Crippen molar-refractivity contribution < 1.29 is 22.9 Å². The van der Waals surface area contributed by atoms with Gasteiger partial charge in [0.25, 0.3) is 5.69 Å². The van der Waals surface area contributed by atoms with Crippen molar-refractivity contribution in [3.05, 3.63) is 39.9 Å². The van der Waals surface area contributed by atoms with E-state index >= 15 is 0 Å². The number of amides is 1. The summed E-state index contributed by atoms with van der Waals surface area (Å²) in [4.78, 5) is 20.9. The molecule has 9 heteroatoms. The molecule has 1 rings (SSSR count). The van der Waals surface area contributed by atoms with Crippen molar-refractivity contribution >= 4 is 11.6 Å². The van der Waals surface area contributed by atoms with Crippen molar-refractivity contribution in [1.29, 1.82) is 0 Å². The van der Waals surface area contributed by atoms with E-state index in [0.717, 1.165) is 0 Å². The molecule has 0 saturated carbocycles. The first-order valence-corrected chi connectivity index (χ1v) is 5.55. The Labute approximate surface area is 112 Å². The maximum Gasteiger partial charge on any atom is 0.405 e. The lowest BCUT2D eigenvalue weighted by Gasteiger charge is -2.09. The topological polar surface area (TPSA) is 84.3 Å². The molecule has 1 aromatic carbocycles. The van der Waals surface area contributed by atoms with E-state index in [1.165, 1.54) is 24.3 Å². The molecule has 0 radical (unpaired) electrons. The number of carbonyl (C=O) groups is 1. The van der Waals surface area contributed by atoms with Crippen molar-refractivity contribution in [3.8, 4) is 0 Å². The highest BCUT2D eigenvalue weighted by molar-refractivity contribution is 5.78. The van der Waals surface area contributed by atoms with Crippen LogP contribution >= 0.6 is 0 Å². The molecule has 0 heterocycles. The van der Waals surface area contributed by atoms with Crippen LogP contribution in [0.4, 0.5) is 18.9 Å². The number of hydrogen-bond acceptors (Lipinski definition) is 4. The molecule has 2 N–H and O–H groups in total. The Bertz CT molecular complexity index is 474.